The van der Waals surface area contributed by atoms with Crippen molar-refractivity contribution >= 4 is 41.5 Å². The summed E-state index contributed by atoms with van der Waals surface area (Å²) in [6.45, 7) is 1.47. The van der Waals surface area contributed by atoms with E-state index in [1.807, 2.05) is 49.3 Å². The lowest BCUT2D eigenvalue weighted by atomic mass is 10.2. The fraction of sp³-hybridized carbons (Fsp3) is 0.294. The Morgan fingerprint density at radius 2 is 1.87 bits per heavy atom. The van der Waals surface area contributed by atoms with E-state index in [-0.39, 0.29) is 24.0 Å². The minimum absolute atomic E-state index is 0. The van der Waals surface area contributed by atoms with Crippen molar-refractivity contribution in [1.29, 1.82) is 0 Å². The molecule has 0 aliphatic rings. The molecule has 1 N–H and O–H groups in total. The standard InChI is InChI=1S/C17H21ClN4.HI/c1-22(2)17(21-13-14-6-4-3-5-7-14)19-11-10-15-8-9-16(18)20-12-15;/h3-9,12H,10-11,13H2,1-2H3,(H,19,21);1H. The average Bonchev–Trinajstić information content (AvgIpc) is 2.53. The number of guanidine groups is 1. The summed E-state index contributed by atoms with van der Waals surface area (Å²) in [5, 5.41) is 3.89. The lowest BCUT2D eigenvalue weighted by molar-refractivity contribution is 0.579. The molecule has 0 radical (unpaired) electrons. The minimum atomic E-state index is 0. The first-order valence-electron chi connectivity index (χ1n) is 7.25. The lowest BCUT2D eigenvalue weighted by Crippen LogP contribution is -2.37. The van der Waals surface area contributed by atoms with E-state index in [1.165, 1.54) is 5.56 Å². The molecule has 1 heterocycles. The van der Waals surface area contributed by atoms with Crippen LogP contribution in [0, 0.1) is 0 Å². The molecule has 0 saturated carbocycles. The molecule has 0 bridgehead atoms. The number of nitrogens with zero attached hydrogens (tertiary/aromatic N) is 3. The van der Waals surface area contributed by atoms with Gasteiger partial charge >= 0.3 is 0 Å². The Morgan fingerprint density at radius 1 is 1.13 bits per heavy atom. The van der Waals surface area contributed by atoms with Gasteiger partial charge in [0.25, 0.3) is 0 Å². The van der Waals surface area contributed by atoms with E-state index < -0.39 is 0 Å². The number of nitrogens with one attached hydrogen (secondary N) is 1. The second kappa shape index (κ2) is 10.4. The molecule has 4 nitrogen and oxygen atoms in total. The first kappa shape index (κ1) is 19.7. The molecule has 0 saturated heterocycles. The van der Waals surface area contributed by atoms with Gasteiger partial charge in [-0.1, -0.05) is 48.0 Å². The second-order valence-electron chi connectivity index (χ2n) is 5.19. The third kappa shape index (κ3) is 7.18. The predicted octanol–water partition coefficient (Wildman–Crippen LogP) is 3.60. The summed E-state index contributed by atoms with van der Waals surface area (Å²) in [5.41, 5.74) is 2.35. The van der Waals surface area contributed by atoms with Crippen LogP contribution in [0.3, 0.4) is 0 Å². The normalized spacial score (nSPS) is 10.8. The molecule has 124 valence electrons. The van der Waals surface area contributed by atoms with Crippen LogP contribution in [0.1, 0.15) is 11.1 Å². The molecule has 1 aromatic heterocycles. The summed E-state index contributed by atoms with van der Waals surface area (Å²) in [6, 6.07) is 14.0. The molecular weight excluding hydrogens is 423 g/mol. The van der Waals surface area contributed by atoms with Gasteiger partial charge in [0.2, 0.25) is 0 Å². The largest absolute Gasteiger partial charge is 0.356 e. The molecule has 2 aromatic rings. The van der Waals surface area contributed by atoms with Gasteiger partial charge in [0.05, 0.1) is 6.54 Å². The first-order chi connectivity index (χ1) is 10.6. The van der Waals surface area contributed by atoms with Crippen LogP contribution in [0.2, 0.25) is 5.15 Å². The van der Waals surface area contributed by atoms with Gasteiger partial charge in [-0.2, -0.15) is 0 Å². The Hall–Kier alpha value is -1.34. The molecule has 0 fully saturated rings. The van der Waals surface area contributed by atoms with Crippen LogP contribution in [0.25, 0.3) is 0 Å². The topological polar surface area (TPSA) is 40.5 Å². The Morgan fingerprint density at radius 3 is 2.48 bits per heavy atom. The number of aliphatic imine (C=N–C) groups is 1. The number of hydrogen-bond acceptors (Lipinski definition) is 2. The molecule has 0 amide bonds. The van der Waals surface area contributed by atoms with Gasteiger partial charge in [-0.3, -0.25) is 0 Å². The summed E-state index contributed by atoms with van der Waals surface area (Å²) in [6.07, 6.45) is 2.68. The van der Waals surface area contributed by atoms with Crippen molar-refractivity contribution < 1.29 is 0 Å². The molecule has 6 heteroatoms. The van der Waals surface area contributed by atoms with E-state index in [0.717, 1.165) is 24.5 Å². The maximum Gasteiger partial charge on any atom is 0.193 e. The number of pyridine rings is 1. The van der Waals surface area contributed by atoms with Gasteiger partial charge in [0, 0.05) is 26.8 Å². The molecule has 2 rings (SSSR count). The molecule has 0 aliphatic heterocycles. The average molecular weight is 445 g/mol. The highest BCUT2D eigenvalue weighted by Gasteiger charge is 2.02. The maximum atomic E-state index is 5.78. The van der Waals surface area contributed by atoms with Gasteiger partial charge in [0.1, 0.15) is 5.15 Å². The van der Waals surface area contributed by atoms with Gasteiger partial charge in [-0.05, 0) is 23.6 Å². The minimum Gasteiger partial charge on any atom is -0.356 e. The van der Waals surface area contributed by atoms with E-state index in [1.54, 1.807) is 6.20 Å². The van der Waals surface area contributed by atoms with Crippen molar-refractivity contribution in [1.82, 2.24) is 15.2 Å². The van der Waals surface area contributed by atoms with Gasteiger partial charge in [-0.15, -0.1) is 24.0 Å². The van der Waals surface area contributed by atoms with E-state index >= 15 is 0 Å². The summed E-state index contributed by atoms with van der Waals surface area (Å²) < 4.78 is 0. The van der Waals surface area contributed by atoms with Crippen LogP contribution < -0.4 is 5.32 Å². The first-order valence-corrected chi connectivity index (χ1v) is 7.63. The molecule has 0 aliphatic carbocycles. The van der Waals surface area contributed by atoms with Crippen molar-refractivity contribution in [3.63, 3.8) is 0 Å². The van der Waals surface area contributed by atoms with Crippen molar-refractivity contribution in [3.8, 4) is 0 Å². The number of halogens is 2. The zero-order valence-corrected chi connectivity index (χ0v) is 16.5. The molecule has 0 atom stereocenters. The number of benzene rings is 1. The highest BCUT2D eigenvalue weighted by Crippen LogP contribution is 2.05. The van der Waals surface area contributed by atoms with E-state index in [4.69, 9.17) is 11.6 Å². The third-order valence-electron chi connectivity index (χ3n) is 3.16. The van der Waals surface area contributed by atoms with Crippen LogP contribution in [0.4, 0.5) is 0 Å². The second-order valence-corrected chi connectivity index (χ2v) is 5.57. The fourth-order valence-electron chi connectivity index (χ4n) is 1.98. The van der Waals surface area contributed by atoms with Gasteiger partial charge in [-0.25, -0.2) is 9.98 Å². The number of rotatable bonds is 5. The van der Waals surface area contributed by atoms with E-state index in [2.05, 4.69) is 27.4 Å². The maximum absolute atomic E-state index is 5.78. The van der Waals surface area contributed by atoms with Crippen molar-refractivity contribution in [3.05, 3.63) is 64.9 Å². The van der Waals surface area contributed by atoms with Crippen LogP contribution >= 0.6 is 35.6 Å². The molecule has 0 spiro atoms. The quantitative estimate of drug-likeness (QED) is 0.331. The Bertz CT molecular complexity index is 600. The Balaban J connectivity index is 0.00000264. The SMILES string of the molecule is CN(C)C(=NCc1ccccc1)NCCc1ccc(Cl)nc1.I. The van der Waals surface area contributed by atoms with E-state index in [0.29, 0.717) is 11.7 Å². The van der Waals surface area contributed by atoms with Crippen molar-refractivity contribution in [2.45, 2.75) is 13.0 Å². The van der Waals surface area contributed by atoms with Crippen LogP contribution in [-0.4, -0.2) is 36.5 Å². The summed E-state index contributed by atoms with van der Waals surface area (Å²) in [4.78, 5) is 10.7. The zero-order chi connectivity index (χ0) is 15.8. The predicted molar refractivity (Wildman–Crippen MR) is 108 cm³/mol. The summed E-state index contributed by atoms with van der Waals surface area (Å²) in [7, 11) is 3.97. The third-order valence-corrected chi connectivity index (χ3v) is 3.39. The molecular formula is C17H22ClIN4. The molecule has 0 unspecified atom stereocenters. The number of aromatic nitrogens is 1. The summed E-state index contributed by atoms with van der Waals surface area (Å²) >= 11 is 5.78. The Kier molecular flexibility index (Phi) is 8.94. The van der Waals surface area contributed by atoms with Crippen LogP contribution in [0.15, 0.2) is 53.7 Å². The van der Waals surface area contributed by atoms with Crippen LogP contribution in [0.5, 0.6) is 0 Å². The van der Waals surface area contributed by atoms with Gasteiger partial charge in [0.15, 0.2) is 5.96 Å². The fourth-order valence-corrected chi connectivity index (χ4v) is 2.09. The number of hydrogen-bond donors (Lipinski definition) is 1. The lowest BCUT2D eigenvalue weighted by Gasteiger charge is -2.17. The summed E-state index contributed by atoms with van der Waals surface area (Å²) in [5.74, 6) is 0.880. The van der Waals surface area contributed by atoms with Crippen LogP contribution in [-0.2, 0) is 13.0 Å². The highest BCUT2D eigenvalue weighted by molar-refractivity contribution is 14.0. The van der Waals surface area contributed by atoms with Crippen molar-refractivity contribution in [2.75, 3.05) is 20.6 Å². The van der Waals surface area contributed by atoms with Crippen molar-refractivity contribution in [2.24, 2.45) is 4.99 Å². The molecule has 1 aromatic carbocycles. The van der Waals surface area contributed by atoms with E-state index in [9.17, 15) is 0 Å². The monoisotopic (exact) mass is 444 g/mol. The smallest absolute Gasteiger partial charge is 0.193 e. The highest BCUT2D eigenvalue weighted by atomic mass is 127. The zero-order valence-electron chi connectivity index (χ0n) is 13.4. The molecule has 23 heavy (non-hydrogen) atoms. The van der Waals surface area contributed by atoms with Gasteiger partial charge < -0.3 is 10.2 Å². The Labute approximate surface area is 160 Å².